The minimum absolute atomic E-state index is 0.0638. The molecule has 23 heteroatoms. The predicted octanol–water partition coefficient (Wildman–Crippen LogP) is -5.94. The van der Waals surface area contributed by atoms with Gasteiger partial charge >= 0.3 is 5.97 Å². The van der Waals surface area contributed by atoms with Crippen LogP contribution < -0.4 is 0 Å². The second-order valence-electron chi connectivity index (χ2n) is 18.8. The number of rotatable bonds is 13. The standard InChI is InChI=1S/C42H68O23/c1-57-26-8-16(2-5-21(26)45)3-7-30(49)58-14-28-32(51)34(53)37(56)40(63-28)60-15-29-33(52)35(54)39(65-41-36(55)31(50)24(48)13-59-41)42(64-29)62-27-12-19-22(46)10-18(43)11-25(19)61-38(27)17-4-6-20(44)23(47)9-17/h3,7,16-29,31-48,50-56H,2,4-6,8-15H2,1H3/p+1/t16?,17?,18?,19?,20?,21?,22?,23?,24-,25?,26?,27?,28-,29-,31+,32-,33-,34+,35+,36-,37-,38?,39-,40-,41+,42-/m1/s1. The maximum atomic E-state index is 12.6. The van der Waals surface area contributed by atoms with E-state index in [0.717, 1.165) is 0 Å². The Kier molecular flexibility index (Phi) is 17.7. The van der Waals surface area contributed by atoms with Crippen molar-refractivity contribution in [1.29, 1.82) is 0 Å². The monoisotopic (exact) mass is 941 g/mol. The minimum atomic E-state index is -1.90. The summed E-state index contributed by atoms with van der Waals surface area (Å²) in [6.07, 6.45) is -24.9. The van der Waals surface area contributed by atoms with Gasteiger partial charge in [-0.15, -0.1) is 0 Å². The van der Waals surface area contributed by atoms with Gasteiger partial charge in [0.05, 0.1) is 55.8 Å². The van der Waals surface area contributed by atoms with Crippen molar-refractivity contribution in [3.8, 4) is 0 Å². The van der Waals surface area contributed by atoms with Crippen LogP contribution in [0.15, 0.2) is 12.2 Å². The first-order valence-corrected chi connectivity index (χ1v) is 22.7. The molecule has 374 valence electrons. The number of hydrogen-bond acceptors (Lipinski definition) is 22. The molecule has 3 aliphatic carbocycles. The van der Waals surface area contributed by atoms with Gasteiger partial charge in [0.2, 0.25) is 0 Å². The number of methoxy groups -OCH3 is 1. The molecule has 0 spiro atoms. The highest BCUT2D eigenvalue weighted by Crippen LogP contribution is 2.43. The van der Waals surface area contributed by atoms with Gasteiger partial charge in [0.15, 0.2) is 31.1 Å². The summed E-state index contributed by atoms with van der Waals surface area (Å²) in [5.74, 6) is -1.69. The molecule has 0 bridgehead atoms. The van der Waals surface area contributed by atoms with E-state index in [-0.39, 0.29) is 50.0 Å². The molecule has 4 aliphatic heterocycles. The summed E-state index contributed by atoms with van der Waals surface area (Å²) in [6.45, 7) is -1.70. The molecule has 26 atom stereocenters. The van der Waals surface area contributed by atoms with Crippen molar-refractivity contribution < 1.29 is 114 Å². The molecule has 0 aromatic carbocycles. The normalized spacial score (nSPS) is 51.0. The molecule has 0 aromatic rings. The zero-order chi connectivity index (χ0) is 46.9. The van der Waals surface area contributed by atoms with E-state index in [1.807, 2.05) is 0 Å². The van der Waals surface area contributed by atoms with E-state index in [9.17, 15) is 71.2 Å². The van der Waals surface area contributed by atoms with Crippen LogP contribution >= 0.6 is 0 Å². The van der Waals surface area contributed by atoms with Crippen LogP contribution in [0.4, 0.5) is 0 Å². The third-order valence-corrected chi connectivity index (χ3v) is 14.4. The fourth-order valence-corrected chi connectivity index (χ4v) is 10.4. The Morgan fingerprint density at radius 2 is 1.31 bits per heavy atom. The largest absolute Gasteiger partial charge is 0.460 e. The molecule has 3 saturated carbocycles. The lowest BCUT2D eigenvalue weighted by Gasteiger charge is -2.49. The highest BCUT2D eigenvalue weighted by atomic mass is 16.8. The highest BCUT2D eigenvalue weighted by molar-refractivity contribution is 5.81. The van der Waals surface area contributed by atoms with Gasteiger partial charge in [0.25, 0.3) is 0 Å². The lowest BCUT2D eigenvalue weighted by Crippen LogP contribution is -2.65. The van der Waals surface area contributed by atoms with Crippen LogP contribution in [-0.2, 0) is 42.7 Å². The average molecular weight is 942 g/mol. The molecule has 4 saturated heterocycles. The number of carbonyl (C=O) groups excluding carboxylic acids is 1. The number of fused-ring (bicyclic) bond motifs is 1. The molecule has 0 amide bonds. The van der Waals surface area contributed by atoms with E-state index in [2.05, 4.69) is 0 Å². The van der Waals surface area contributed by atoms with Crippen molar-refractivity contribution in [2.45, 2.75) is 199 Å². The van der Waals surface area contributed by atoms with Crippen molar-refractivity contribution in [1.82, 2.24) is 0 Å². The number of aliphatic hydroxyl groups excluding tert-OH is 13. The zero-order valence-corrected chi connectivity index (χ0v) is 36.1. The highest BCUT2D eigenvalue weighted by Gasteiger charge is 2.56. The van der Waals surface area contributed by atoms with Crippen LogP contribution in [0.1, 0.15) is 57.8 Å². The topological polar surface area (TPSA) is 367 Å². The Balaban J connectivity index is 1.05. The lowest BCUT2D eigenvalue weighted by atomic mass is 9.72. The van der Waals surface area contributed by atoms with Crippen LogP contribution in [0.25, 0.3) is 0 Å². The maximum absolute atomic E-state index is 12.6. The number of carbonyl (C=O) groups is 1. The number of allylic oxidation sites excluding steroid dienone is 1. The van der Waals surface area contributed by atoms with Gasteiger partial charge in [-0.1, -0.05) is 6.08 Å². The maximum Gasteiger partial charge on any atom is 0.330 e. The molecule has 0 radical (unpaired) electrons. The van der Waals surface area contributed by atoms with Crippen molar-refractivity contribution in [2.24, 2.45) is 17.8 Å². The molecular formula is C42H69O23+. The first-order valence-electron chi connectivity index (χ1n) is 22.7. The average Bonchev–Trinajstić information content (AvgIpc) is 3.28. The van der Waals surface area contributed by atoms with Gasteiger partial charge in [0, 0.05) is 31.9 Å². The Bertz CT molecular complexity index is 1540. The van der Waals surface area contributed by atoms with E-state index in [4.69, 9.17) is 42.6 Å². The molecule has 4 heterocycles. The molecule has 65 heavy (non-hydrogen) atoms. The fourth-order valence-electron chi connectivity index (χ4n) is 10.4. The number of ether oxygens (including phenoxy) is 9. The van der Waals surface area contributed by atoms with E-state index < -0.39 is 167 Å². The molecule has 12 unspecified atom stereocenters. The van der Waals surface area contributed by atoms with E-state index in [0.29, 0.717) is 25.7 Å². The summed E-state index contributed by atoms with van der Waals surface area (Å²) in [4.78, 5) is 12.6. The van der Waals surface area contributed by atoms with Crippen LogP contribution in [-0.4, -0.2) is 245 Å². The fraction of sp³-hybridized carbons (Fsp3) is 0.929. The van der Waals surface area contributed by atoms with Crippen molar-refractivity contribution >= 4 is 5.97 Å². The van der Waals surface area contributed by atoms with Gasteiger partial charge in [-0.25, -0.2) is 4.79 Å². The first-order chi connectivity index (χ1) is 30.9. The summed E-state index contributed by atoms with van der Waals surface area (Å²) in [5, 5.41) is 139. The van der Waals surface area contributed by atoms with Crippen LogP contribution in [0.5, 0.6) is 0 Å². The Labute approximate surface area is 374 Å². The molecule has 0 aromatic heterocycles. The van der Waals surface area contributed by atoms with Gasteiger partial charge < -0.3 is 109 Å². The van der Waals surface area contributed by atoms with Crippen molar-refractivity contribution in [2.75, 3.05) is 26.9 Å². The molecule has 7 rings (SSSR count). The molecule has 23 nitrogen and oxygen atoms in total. The number of esters is 1. The predicted molar refractivity (Wildman–Crippen MR) is 214 cm³/mol. The lowest BCUT2D eigenvalue weighted by molar-refractivity contribution is -0.385. The Morgan fingerprint density at radius 3 is 2.05 bits per heavy atom. The number of hydrogen-bond donors (Lipinski definition) is 13. The smallest absolute Gasteiger partial charge is 0.330 e. The Hall–Kier alpha value is -1.63. The summed E-state index contributed by atoms with van der Waals surface area (Å²) in [7, 11) is 1.49. The second kappa shape index (κ2) is 22.4. The van der Waals surface area contributed by atoms with E-state index >= 15 is 0 Å². The molecule has 14 N–H and O–H groups in total. The summed E-state index contributed by atoms with van der Waals surface area (Å²) < 4.78 is 51.3. The molecule has 7 fully saturated rings. The second-order valence-corrected chi connectivity index (χ2v) is 18.8. The van der Waals surface area contributed by atoms with Crippen molar-refractivity contribution in [3.05, 3.63) is 12.2 Å². The first kappa shape index (κ1) is 51.2. The Morgan fingerprint density at radius 1 is 0.615 bits per heavy atom. The van der Waals surface area contributed by atoms with Crippen LogP contribution in [0.2, 0.25) is 0 Å². The third kappa shape index (κ3) is 11.9. The summed E-state index contributed by atoms with van der Waals surface area (Å²) in [6, 6.07) is 0. The van der Waals surface area contributed by atoms with Gasteiger partial charge in [-0.05, 0) is 50.9 Å². The quantitative estimate of drug-likeness (QED) is 0.0464. The summed E-state index contributed by atoms with van der Waals surface area (Å²) in [5.41, 5.74) is 0. The molecular weight excluding hydrogens is 872 g/mol. The van der Waals surface area contributed by atoms with Gasteiger partial charge in [0.1, 0.15) is 79.9 Å². The molecule has 7 aliphatic rings. The summed E-state index contributed by atoms with van der Waals surface area (Å²) >= 11 is 0. The van der Waals surface area contributed by atoms with Crippen molar-refractivity contribution in [3.63, 3.8) is 0 Å². The van der Waals surface area contributed by atoms with Crippen LogP contribution in [0.3, 0.4) is 0 Å². The van der Waals surface area contributed by atoms with Gasteiger partial charge in [-0.3, -0.25) is 0 Å². The SMILES string of the molecule is COC1CC(C=CC(=O)OC[C@H]2O[C@@H](OC[C@H]3O[C@@H](OC4CC5C(O)CC(O)CC5[OH+]C4C4CCC(O)C(O)C4)[C@H](O[C@@H]4OC[C@@H](O)[C@H](O)[C@H]4O)[C@@H](O)[C@@H]3O)[C@H](O)[C@@H](O)[C@@H]2O)CCC1O. The minimum Gasteiger partial charge on any atom is -0.460 e. The third-order valence-electron chi connectivity index (χ3n) is 14.4. The van der Waals surface area contributed by atoms with Gasteiger partial charge in [-0.2, -0.15) is 0 Å². The van der Waals surface area contributed by atoms with E-state index in [1.54, 1.807) is 6.08 Å². The zero-order valence-electron chi connectivity index (χ0n) is 36.1. The number of aliphatic hydroxyl groups is 15. The van der Waals surface area contributed by atoms with E-state index in [1.165, 1.54) is 13.2 Å². The van der Waals surface area contributed by atoms with Crippen LogP contribution in [0, 0.1) is 17.8 Å².